The van der Waals surface area contributed by atoms with Crippen LogP contribution < -0.4 is 10.5 Å². The van der Waals surface area contributed by atoms with Gasteiger partial charge in [-0.15, -0.1) is 13.2 Å². The summed E-state index contributed by atoms with van der Waals surface area (Å²) in [6, 6.07) is 2.32. The van der Waals surface area contributed by atoms with E-state index in [4.69, 9.17) is 16.1 Å². The summed E-state index contributed by atoms with van der Waals surface area (Å²) >= 11 is 0. The van der Waals surface area contributed by atoms with Gasteiger partial charge in [-0.2, -0.15) is 5.26 Å². The lowest BCUT2D eigenvalue weighted by atomic mass is 10.2. The fourth-order valence-corrected chi connectivity index (χ4v) is 0.966. The molecule has 0 fully saturated rings. The number of anilines is 1. The highest BCUT2D eigenvalue weighted by Crippen LogP contribution is 2.25. The third-order valence-electron chi connectivity index (χ3n) is 1.60. The van der Waals surface area contributed by atoms with Crippen molar-refractivity contribution in [2.75, 3.05) is 5.73 Å². The molecule has 1 aromatic heterocycles. The van der Waals surface area contributed by atoms with E-state index in [2.05, 4.69) is 9.72 Å². The molecule has 16 heavy (non-hydrogen) atoms. The van der Waals surface area contributed by atoms with Crippen LogP contribution in [0.15, 0.2) is 6.07 Å². The van der Waals surface area contributed by atoms with Crippen molar-refractivity contribution in [3.05, 3.63) is 17.3 Å². The first kappa shape index (κ1) is 12.1. The van der Waals surface area contributed by atoms with Gasteiger partial charge in [0.05, 0.1) is 23.6 Å². The first-order valence-electron chi connectivity index (χ1n) is 3.93. The minimum atomic E-state index is -4.91. The fourth-order valence-electron chi connectivity index (χ4n) is 0.966. The van der Waals surface area contributed by atoms with E-state index < -0.39 is 18.8 Å². The number of nitrogens with zero attached hydrogens (tertiary/aromatic N) is 2. The molecule has 0 radical (unpaired) electrons. The lowest BCUT2D eigenvalue weighted by Crippen LogP contribution is -2.18. The van der Waals surface area contributed by atoms with Crippen LogP contribution in [0.3, 0.4) is 0 Å². The number of aliphatic hydroxyl groups is 1. The number of nitrogen functional groups attached to an aromatic ring is 1. The lowest BCUT2D eigenvalue weighted by Gasteiger charge is -2.10. The maximum Gasteiger partial charge on any atom is 0.574 e. The summed E-state index contributed by atoms with van der Waals surface area (Å²) in [5.74, 6) is -0.831. The Balaban J connectivity index is 3.19. The fraction of sp³-hybridized carbons (Fsp3) is 0.250. The number of alkyl halides is 3. The summed E-state index contributed by atoms with van der Waals surface area (Å²) < 4.78 is 39.1. The van der Waals surface area contributed by atoms with E-state index in [1.807, 2.05) is 0 Å². The van der Waals surface area contributed by atoms with Crippen molar-refractivity contribution in [2.24, 2.45) is 0 Å². The standard InChI is InChI=1S/C8H6F3N3O2/c9-8(10,11)16-6-1-4(2-12)7(13)5(3-15)14-6/h1,15H,3,13H2. The molecule has 0 bridgehead atoms. The second-order valence-corrected chi connectivity index (χ2v) is 2.69. The van der Waals surface area contributed by atoms with Crippen LogP contribution in [0.2, 0.25) is 0 Å². The Morgan fingerprint density at radius 3 is 2.62 bits per heavy atom. The van der Waals surface area contributed by atoms with Crippen molar-refractivity contribution < 1.29 is 23.0 Å². The maximum absolute atomic E-state index is 11.9. The summed E-state index contributed by atoms with van der Waals surface area (Å²) in [5, 5.41) is 17.4. The normalized spacial score (nSPS) is 10.9. The molecule has 3 N–H and O–H groups in total. The molecule has 0 aromatic carbocycles. The van der Waals surface area contributed by atoms with Crippen LogP contribution in [0.25, 0.3) is 0 Å². The molecule has 0 amide bonds. The molecule has 1 rings (SSSR count). The van der Waals surface area contributed by atoms with E-state index in [9.17, 15) is 13.2 Å². The summed E-state index contributed by atoms with van der Waals surface area (Å²) in [6.07, 6.45) is -4.91. The van der Waals surface area contributed by atoms with E-state index in [0.29, 0.717) is 0 Å². The third-order valence-corrected chi connectivity index (χ3v) is 1.60. The Morgan fingerprint density at radius 2 is 2.19 bits per heavy atom. The zero-order valence-corrected chi connectivity index (χ0v) is 7.75. The second-order valence-electron chi connectivity index (χ2n) is 2.69. The van der Waals surface area contributed by atoms with Crippen molar-refractivity contribution >= 4 is 5.69 Å². The molecule has 0 spiro atoms. The average molecular weight is 233 g/mol. The van der Waals surface area contributed by atoms with Crippen molar-refractivity contribution in [2.45, 2.75) is 13.0 Å². The molecule has 5 nitrogen and oxygen atoms in total. The quantitative estimate of drug-likeness (QED) is 0.792. The summed E-state index contributed by atoms with van der Waals surface area (Å²) in [4.78, 5) is 3.32. The molecule has 0 saturated heterocycles. The van der Waals surface area contributed by atoms with Gasteiger partial charge in [0.1, 0.15) is 6.07 Å². The first-order valence-corrected chi connectivity index (χ1v) is 3.93. The molecular weight excluding hydrogens is 227 g/mol. The second kappa shape index (κ2) is 4.24. The van der Waals surface area contributed by atoms with Gasteiger partial charge in [-0.1, -0.05) is 0 Å². The van der Waals surface area contributed by atoms with Crippen molar-refractivity contribution in [1.29, 1.82) is 5.26 Å². The molecular formula is C8H6F3N3O2. The highest BCUT2D eigenvalue weighted by atomic mass is 19.4. The Hall–Kier alpha value is -2.01. The van der Waals surface area contributed by atoms with Gasteiger partial charge >= 0.3 is 6.36 Å². The van der Waals surface area contributed by atoms with Crippen molar-refractivity contribution in [3.63, 3.8) is 0 Å². The van der Waals surface area contributed by atoms with Gasteiger partial charge in [0, 0.05) is 6.07 Å². The highest BCUT2D eigenvalue weighted by molar-refractivity contribution is 5.58. The molecule has 0 saturated carbocycles. The Kier molecular flexibility index (Phi) is 3.20. The van der Waals surface area contributed by atoms with Crippen LogP contribution in [0.1, 0.15) is 11.3 Å². The number of ether oxygens (including phenoxy) is 1. The van der Waals surface area contributed by atoms with Gasteiger partial charge < -0.3 is 15.6 Å². The Labute approximate surface area is 87.9 Å². The molecule has 86 valence electrons. The van der Waals surface area contributed by atoms with Gasteiger partial charge in [0.15, 0.2) is 0 Å². The van der Waals surface area contributed by atoms with E-state index in [-0.39, 0.29) is 16.9 Å². The largest absolute Gasteiger partial charge is 0.574 e. The Bertz CT molecular complexity index is 439. The van der Waals surface area contributed by atoms with Crippen LogP contribution in [0.5, 0.6) is 5.88 Å². The van der Waals surface area contributed by atoms with Gasteiger partial charge in [0.2, 0.25) is 5.88 Å². The van der Waals surface area contributed by atoms with Crippen molar-refractivity contribution in [1.82, 2.24) is 4.98 Å². The number of halogens is 3. The minimum Gasteiger partial charge on any atom is -0.396 e. The number of nitriles is 1. The van der Waals surface area contributed by atoms with Crippen molar-refractivity contribution in [3.8, 4) is 11.9 Å². The molecule has 0 aliphatic rings. The Morgan fingerprint density at radius 1 is 1.56 bits per heavy atom. The smallest absolute Gasteiger partial charge is 0.396 e. The van der Waals surface area contributed by atoms with Crippen LogP contribution in [-0.4, -0.2) is 16.5 Å². The average Bonchev–Trinajstić information content (AvgIpc) is 2.18. The molecule has 0 unspecified atom stereocenters. The molecule has 0 aliphatic carbocycles. The molecule has 1 heterocycles. The number of nitrogens with two attached hydrogens (primary N) is 1. The first-order chi connectivity index (χ1) is 7.37. The summed E-state index contributed by atoms with van der Waals surface area (Å²) in [7, 11) is 0. The highest BCUT2D eigenvalue weighted by Gasteiger charge is 2.32. The SMILES string of the molecule is N#Cc1cc(OC(F)(F)F)nc(CO)c1N. The van der Waals surface area contributed by atoms with Crippen LogP contribution in [-0.2, 0) is 6.61 Å². The van der Waals surface area contributed by atoms with E-state index >= 15 is 0 Å². The monoisotopic (exact) mass is 233 g/mol. The topological polar surface area (TPSA) is 92.2 Å². The van der Waals surface area contributed by atoms with E-state index in [0.717, 1.165) is 6.07 Å². The minimum absolute atomic E-state index is 0.167. The zero-order valence-electron chi connectivity index (χ0n) is 7.75. The van der Waals surface area contributed by atoms with Gasteiger partial charge in [-0.05, 0) is 0 Å². The van der Waals surface area contributed by atoms with Gasteiger partial charge in [-0.3, -0.25) is 0 Å². The number of aromatic nitrogens is 1. The predicted octanol–water partition coefficient (Wildman–Crippen LogP) is 0.926. The van der Waals surface area contributed by atoms with Crippen LogP contribution >= 0.6 is 0 Å². The molecule has 0 atom stereocenters. The van der Waals surface area contributed by atoms with Crippen LogP contribution in [0, 0.1) is 11.3 Å². The van der Waals surface area contributed by atoms with Crippen LogP contribution in [0.4, 0.5) is 18.9 Å². The lowest BCUT2D eigenvalue weighted by molar-refractivity contribution is -0.276. The molecule has 1 aromatic rings. The van der Waals surface area contributed by atoms with Gasteiger partial charge in [-0.25, -0.2) is 4.98 Å². The maximum atomic E-state index is 11.9. The molecule has 8 heteroatoms. The van der Waals surface area contributed by atoms with E-state index in [1.165, 1.54) is 0 Å². The number of aliphatic hydroxyl groups excluding tert-OH is 1. The third kappa shape index (κ3) is 2.74. The number of hydrogen-bond donors (Lipinski definition) is 2. The summed E-state index contributed by atoms with van der Waals surface area (Å²) in [6.45, 7) is -0.685. The van der Waals surface area contributed by atoms with E-state index in [1.54, 1.807) is 6.07 Å². The summed E-state index contributed by atoms with van der Waals surface area (Å²) in [5.41, 5.74) is 4.71. The zero-order chi connectivity index (χ0) is 12.3. The number of pyridine rings is 1. The van der Waals surface area contributed by atoms with Gasteiger partial charge in [0.25, 0.3) is 0 Å². The number of hydrogen-bond acceptors (Lipinski definition) is 5. The number of rotatable bonds is 2. The predicted molar refractivity (Wildman–Crippen MR) is 46.0 cm³/mol. The molecule has 0 aliphatic heterocycles.